The van der Waals surface area contributed by atoms with Gasteiger partial charge < -0.3 is 9.33 Å². The van der Waals surface area contributed by atoms with Gasteiger partial charge in [0.2, 0.25) is 0 Å². The van der Waals surface area contributed by atoms with Gasteiger partial charge >= 0.3 is 6.03 Å². The molecule has 39 heavy (non-hydrogen) atoms. The minimum Gasteiger partial charge on any atom is -0.416 e. The molecule has 2 N–H and O–H groups in total. The number of rotatable bonds is 9. The molecule has 214 valence electrons. The van der Waals surface area contributed by atoms with Crippen LogP contribution >= 0.6 is 0 Å². The second-order valence-electron chi connectivity index (χ2n) is 12.1. The number of hydroxylamine groups is 1. The van der Waals surface area contributed by atoms with Crippen LogP contribution in [0.1, 0.15) is 45.4 Å². The summed E-state index contributed by atoms with van der Waals surface area (Å²) < 4.78 is 30.2. The van der Waals surface area contributed by atoms with Crippen molar-refractivity contribution in [3.63, 3.8) is 0 Å². The van der Waals surface area contributed by atoms with Crippen molar-refractivity contribution in [2.45, 2.75) is 63.5 Å². The van der Waals surface area contributed by atoms with E-state index in [0.717, 1.165) is 38.2 Å². The second-order valence-corrected chi connectivity index (χ2v) is 19.3. The van der Waals surface area contributed by atoms with E-state index in [1.807, 2.05) is 0 Å². The summed E-state index contributed by atoms with van der Waals surface area (Å²) in [5.41, 5.74) is 2.81. The zero-order valence-corrected chi connectivity index (χ0v) is 25.7. The Kier molecular flexibility index (Phi) is 9.10. The summed E-state index contributed by atoms with van der Waals surface area (Å²) in [7, 11) is -5.55. The molecule has 0 spiro atoms. The largest absolute Gasteiger partial charge is 0.416 e. The number of amides is 2. The van der Waals surface area contributed by atoms with Crippen LogP contribution in [0.5, 0.6) is 0 Å². The fourth-order valence-electron chi connectivity index (χ4n) is 4.13. The Bertz CT molecular complexity index is 1340. The molecule has 10 nitrogen and oxygen atoms in total. The van der Waals surface area contributed by atoms with Gasteiger partial charge in [-0.25, -0.2) is 18.7 Å². The average molecular weight is 577 g/mol. The summed E-state index contributed by atoms with van der Waals surface area (Å²) in [6.45, 7) is 16.3. The Morgan fingerprint density at radius 2 is 1.87 bits per heavy atom. The summed E-state index contributed by atoms with van der Waals surface area (Å²) in [5.74, 6) is 11.2. The Morgan fingerprint density at radius 1 is 1.21 bits per heavy atom. The van der Waals surface area contributed by atoms with E-state index in [9.17, 15) is 18.0 Å². The highest BCUT2D eigenvalue weighted by molar-refractivity contribution is 7.92. The molecule has 0 bridgehead atoms. The fourth-order valence-corrected chi connectivity index (χ4v) is 6.01. The molecule has 2 amide bonds. The lowest BCUT2D eigenvalue weighted by molar-refractivity contribution is -0.131. The molecule has 0 saturated carbocycles. The number of hydrogen-bond donors (Lipinski definition) is 2. The number of nitrogens with one attached hydrogen (secondary N) is 1. The van der Waals surface area contributed by atoms with E-state index in [0.29, 0.717) is 11.5 Å². The first-order valence-corrected chi connectivity index (χ1v) is 17.8. The van der Waals surface area contributed by atoms with Crippen molar-refractivity contribution in [2.24, 2.45) is 5.92 Å². The first-order valence-electron chi connectivity index (χ1n) is 13.0. The number of hydrogen-bond acceptors (Lipinski definition) is 7. The van der Waals surface area contributed by atoms with E-state index in [-0.39, 0.29) is 30.6 Å². The van der Waals surface area contributed by atoms with Gasteiger partial charge in [0, 0.05) is 62.4 Å². The molecule has 12 heteroatoms. The van der Waals surface area contributed by atoms with Crippen molar-refractivity contribution in [1.29, 1.82) is 0 Å². The van der Waals surface area contributed by atoms with Crippen LogP contribution in [-0.2, 0) is 25.6 Å². The number of aromatic nitrogens is 1. The van der Waals surface area contributed by atoms with Crippen LogP contribution in [0.2, 0.25) is 18.1 Å². The molecule has 1 saturated heterocycles. The van der Waals surface area contributed by atoms with Crippen LogP contribution in [0.15, 0.2) is 12.3 Å². The number of carbonyl (C=O) groups excluding carboxylic acids is 2. The molecule has 1 unspecified atom stereocenters. The topological polar surface area (TPSA) is 121 Å². The Hall–Kier alpha value is -2.61. The van der Waals surface area contributed by atoms with E-state index < -0.39 is 28.8 Å². The second kappa shape index (κ2) is 11.5. The highest BCUT2D eigenvalue weighted by atomic mass is 32.2. The van der Waals surface area contributed by atoms with Gasteiger partial charge in [0.15, 0.2) is 22.9 Å². The van der Waals surface area contributed by atoms with Crippen molar-refractivity contribution in [1.82, 2.24) is 19.8 Å². The lowest BCUT2D eigenvalue weighted by Gasteiger charge is -2.39. The van der Waals surface area contributed by atoms with E-state index in [1.165, 1.54) is 21.9 Å². The number of likely N-dealkylation sites (tertiary alicyclic amines) is 1. The smallest absolute Gasteiger partial charge is 0.328 e. The van der Waals surface area contributed by atoms with Gasteiger partial charge in [0.05, 0.1) is 6.54 Å². The van der Waals surface area contributed by atoms with Crippen LogP contribution in [-0.4, -0.2) is 92.0 Å². The van der Waals surface area contributed by atoms with Crippen LogP contribution in [0.3, 0.4) is 0 Å². The quantitative estimate of drug-likeness (QED) is 0.200. The molecule has 3 rings (SSSR count). The molecular weight excluding hydrogens is 536 g/mol. The summed E-state index contributed by atoms with van der Waals surface area (Å²) >= 11 is 0. The van der Waals surface area contributed by atoms with Crippen molar-refractivity contribution >= 4 is 30.1 Å². The molecule has 2 aliphatic rings. The Balaban J connectivity index is 1.47. The summed E-state index contributed by atoms with van der Waals surface area (Å²) in [6.07, 6.45) is 2.41. The third kappa shape index (κ3) is 6.94. The van der Waals surface area contributed by atoms with Crippen molar-refractivity contribution in [3.8, 4) is 23.7 Å². The van der Waals surface area contributed by atoms with E-state index in [4.69, 9.17) is 9.63 Å². The van der Waals surface area contributed by atoms with Gasteiger partial charge in [0.25, 0.3) is 5.91 Å². The summed E-state index contributed by atoms with van der Waals surface area (Å²) in [5, 5.41) is 9.18. The highest BCUT2D eigenvalue weighted by Crippen LogP contribution is 2.36. The third-order valence-corrected chi connectivity index (χ3v) is 14.7. The molecule has 0 aliphatic carbocycles. The maximum absolute atomic E-state index is 12.8. The highest BCUT2D eigenvalue weighted by Gasteiger charge is 2.44. The normalized spacial score (nSPS) is 17.8. The molecule has 0 radical (unpaired) electrons. The van der Waals surface area contributed by atoms with Crippen LogP contribution in [0.25, 0.3) is 0 Å². The van der Waals surface area contributed by atoms with Crippen LogP contribution < -0.4 is 5.48 Å². The maximum atomic E-state index is 12.8. The maximum Gasteiger partial charge on any atom is 0.328 e. The predicted molar refractivity (Wildman–Crippen MR) is 151 cm³/mol. The van der Waals surface area contributed by atoms with Crippen molar-refractivity contribution in [2.75, 3.05) is 39.0 Å². The molecule has 2 aliphatic heterocycles. The van der Waals surface area contributed by atoms with Crippen LogP contribution in [0.4, 0.5) is 4.79 Å². The third-order valence-electron chi connectivity index (χ3n) is 8.17. The standard InChI is InChI=1S/C27H40N4O6SSi/c1-26(2,3)39(6,7)37-15-14-29-17-22(18-29)11-9-8-10-21-16-23-20-30(25(33)31(23)19-21)13-12-27(4,24(32)28-34)38(5,35)36/h16,19,22,34H,12-15,17-18,20H2,1-7H3,(H,28,32). The lowest BCUT2D eigenvalue weighted by atomic mass is 10.0. The Morgan fingerprint density at radius 3 is 2.44 bits per heavy atom. The number of carbonyl (C=O) groups is 2. The zero-order chi connectivity index (χ0) is 29.2. The Labute approximate surface area is 233 Å². The molecule has 1 fully saturated rings. The van der Waals surface area contributed by atoms with Gasteiger partial charge in [0.1, 0.15) is 0 Å². The van der Waals surface area contributed by atoms with Gasteiger partial charge in [-0.2, -0.15) is 0 Å². The van der Waals surface area contributed by atoms with Crippen molar-refractivity contribution < 1.29 is 27.6 Å². The van der Waals surface area contributed by atoms with Gasteiger partial charge in [-0.15, -0.1) is 0 Å². The van der Waals surface area contributed by atoms with E-state index in [2.05, 4.69) is 62.4 Å². The molecule has 1 aromatic heterocycles. The molecular formula is C27H40N4O6SSi. The van der Waals surface area contributed by atoms with Gasteiger partial charge in [-0.3, -0.25) is 19.5 Å². The monoisotopic (exact) mass is 576 g/mol. The van der Waals surface area contributed by atoms with Crippen LogP contribution in [0, 0.1) is 29.6 Å². The van der Waals surface area contributed by atoms with Crippen molar-refractivity contribution in [3.05, 3.63) is 23.5 Å². The molecule has 1 aromatic rings. The van der Waals surface area contributed by atoms with E-state index >= 15 is 0 Å². The lowest BCUT2D eigenvalue weighted by Crippen LogP contribution is -2.50. The molecule has 0 aromatic carbocycles. The SMILES string of the molecule is CC(C)(C)[Si](C)(C)OCCN1CC(C#CC#Cc2cc3n(c2)C(=O)N(CCC(C)(C(=O)NO)S(C)(=O)=O)C3)C1. The fraction of sp³-hybridized carbons (Fsp3) is 0.630. The number of nitrogens with zero attached hydrogens (tertiary/aromatic N) is 3. The first kappa shape index (κ1) is 30.9. The summed E-state index contributed by atoms with van der Waals surface area (Å²) in [6, 6.07) is 1.48. The number of sulfone groups is 1. The number of fused-ring (bicyclic) bond motifs is 1. The minimum absolute atomic E-state index is 0.0325. The zero-order valence-electron chi connectivity index (χ0n) is 23.9. The summed E-state index contributed by atoms with van der Waals surface area (Å²) in [4.78, 5) is 28.6. The molecule has 3 heterocycles. The molecule has 1 atom stereocenters. The predicted octanol–water partition coefficient (Wildman–Crippen LogP) is 2.28. The minimum atomic E-state index is -3.84. The first-order chi connectivity index (χ1) is 18.0. The average Bonchev–Trinajstić information content (AvgIpc) is 3.33. The van der Waals surface area contributed by atoms with Gasteiger partial charge in [-0.05, 0) is 49.4 Å². The van der Waals surface area contributed by atoms with Gasteiger partial charge in [-0.1, -0.05) is 32.6 Å². The van der Waals surface area contributed by atoms with E-state index in [1.54, 1.807) is 12.3 Å².